The van der Waals surface area contributed by atoms with Crippen molar-refractivity contribution in [2.45, 2.75) is 0 Å². The first-order chi connectivity index (χ1) is 7.70. The van der Waals surface area contributed by atoms with Gasteiger partial charge in [0.05, 0.1) is 11.9 Å². The van der Waals surface area contributed by atoms with E-state index in [9.17, 15) is 4.39 Å². The number of rotatable bonds is 1. The van der Waals surface area contributed by atoms with Crippen molar-refractivity contribution in [3.63, 3.8) is 0 Å². The van der Waals surface area contributed by atoms with E-state index in [0.29, 0.717) is 11.3 Å². The van der Waals surface area contributed by atoms with Crippen molar-refractivity contribution in [1.29, 1.82) is 5.26 Å². The van der Waals surface area contributed by atoms with Crippen LogP contribution < -0.4 is 5.73 Å². The molecule has 0 amide bonds. The van der Waals surface area contributed by atoms with E-state index < -0.39 is 0 Å². The molecule has 4 nitrogen and oxygen atoms in total. The van der Waals surface area contributed by atoms with Gasteiger partial charge in [0.15, 0.2) is 11.5 Å². The Morgan fingerprint density at radius 1 is 1.25 bits per heavy atom. The highest BCUT2D eigenvalue weighted by molar-refractivity contribution is 5.61. The van der Waals surface area contributed by atoms with E-state index in [2.05, 4.69) is 9.97 Å². The van der Waals surface area contributed by atoms with Gasteiger partial charge in [0.25, 0.3) is 0 Å². The lowest BCUT2D eigenvalue weighted by Crippen LogP contribution is -1.99. The Morgan fingerprint density at radius 3 is 2.50 bits per heavy atom. The molecule has 0 aliphatic heterocycles. The van der Waals surface area contributed by atoms with Gasteiger partial charge in [0.2, 0.25) is 0 Å². The lowest BCUT2D eigenvalue weighted by Gasteiger charge is -2.02. The number of aromatic nitrogens is 2. The Kier molecular flexibility index (Phi) is 2.48. The zero-order valence-corrected chi connectivity index (χ0v) is 8.18. The standard InChI is InChI=1S/C11H7FN4/c12-8-3-1-7(2-4-8)10-6-15-9(5-13)11(14)16-10/h1-4,6H,(H2,14,16). The van der Waals surface area contributed by atoms with Gasteiger partial charge in [0, 0.05) is 5.56 Å². The Morgan fingerprint density at radius 2 is 1.94 bits per heavy atom. The number of nitrogens with zero attached hydrogens (tertiary/aromatic N) is 3. The lowest BCUT2D eigenvalue weighted by atomic mass is 10.1. The molecule has 0 aliphatic rings. The van der Waals surface area contributed by atoms with Gasteiger partial charge < -0.3 is 5.73 Å². The van der Waals surface area contributed by atoms with Gasteiger partial charge in [-0.15, -0.1) is 0 Å². The van der Waals surface area contributed by atoms with Crippen molar-refractivity contribution < 1.29 is 4.39 Å². The molecule has 2 aromatic rings. The molecule has 2 rings (SSSR count). The van der Waals surface area contributed by atoms with E-state index in [1.54, 1.807) is 12.1 Å². The summed E-state index contributed by atoms with van der Waals surface area (Å²) in [6.07, 6.45) is 1.43. The molecule has 0 atom stereocenters. The Bertz CT molecular complexity index is 557. The minimum atomic E-state index is -0.321. The van der Waals surface area contributed by atoms with Crippen molar-refractivity contribution >= 4 is 5.82 Å². The molecule has 0 bridgehead atoms. The molecule has 1 aromatic heterocycles. The maximum Gasteiger partial charge on any atom is 0.182 e. The highest BCUT2D eigenvalue weighted by Crippen LogP contribution is 2.18. The highest BCUT2D eigenvalue weighted by Gasteiger charge is 2.05. The molecule has 0 radical (unpaired) electrons. The second-order valence-corrected chi connectivity index (χ2v) is 3.11. The molecular formula is C11H7FN4. The van der Waals surface area contributed by atoms with Crippen LogP contribution in [0.15, 0.2) is 30.5 Å². The molecule has 0 fully saturated rings. The second-order valence-electron chi connectivity index (χ2n) is 3.11. The van der Waals surface area contributed by atoms with Gasteiger partial charge in [-0.1, -0.05) is 0 Å². The number of nitrogen functional groups attached to an aromatic ring is 1. The third kappa shape index (κ3) is 1.81. The van der Waals surface area contributed by atoms with Crippen LogP contribution in [0, 0.1) is 17.1 Å². The molecule has 1 heterocycles. The molecule has 5 heteroatoms. The molecule has 78 valence electrons. The van der Waals surface area contributed by atoms with Crippen molar-refractivity contribution in [2.75, 3.05) is 5.73 Å². The molecule has 0 saturated carbocycles. The topological polar surface area (TPSA) is 75.6 Å². The van der Waals surface area contributed by atoms with Crippen LogP contribution >= 0.6 is 0 Å². The van der Waals surface area contributed by atoms with E-state index in [0.717, 1.165) is 0 Å². The van der Waals surface area contributed by atoms with Crippen LogP contribution in [0.5, 0.6) is 0 Å². The van der Waals surface area contributed by atoms with Crippen LogP contribution in [0.25, 0.3) is 11.3 Å². The minimum Gasteiger partial charge on any atom is -0.381 e. The van der Waals surface area contributed by atoms with Gasteiger partial charge >= 0.3 is 0 Å². The number of nitriles is 1. The molecule has 2 N–H and O–H groups in total. The fraction of sp³-hybridized carbons (Fsp3) is 0. The summed E-state index contributed by atoms with van der Waals surface area (Å²) in [6.45, 7) is 0. The summed E-state index contributed by atoms with van der Waals surface area (Å²) in [6, 6.07) is 7.62. The Balaban J connectivity index is 2.46. The first-order valence-electron chi connectivity index (χ1n) is 4.49. The average molecular weight is 214 g/mol. The second kappa shape index (κ2) is 3.95. The summed E-state index contributed by atoms with van der Waals surface area (Å²) in [5.41, 5.74) is 6.83. The number of hydrogen-bond acceptors (Lipinski definition) is 4. The zero-order valence-electron chi connectivity index (χ0n) is 8.18. The predicted octanol–water partition coefficient (Wildman–Crippen LogP) is 1.74. The van der Waals surface area contributed by atoms with E-state index in [-0.39, 0.29) is 17.3 Å². The zero-order chi connectivity index (χ0) is 11.5. The van der Waals surface area contributed by atoms with Crippen LogP contribution in [0.3, 0.4) is 0 Å². The summed E-state index contributed by atoms with van der Waals surface area (Å²) in [4.78, 5) is 7.87. The summed E-state index contributed by atoms with van der Waals surface area (Å²) >= 11 is 0. The number of anilines is 1. The summed E-state index contributed by atoms with van der Waals surface area (Å²) in [5, 5.41) is 8.63. The quantitative estimate of drug-likeness (QED) is 0.784. The monoisotopic (exact) mass is 214 g/mol. The lowest BCUT2D eigenvalue weighted by molar-refractivity contribution is 0.628. The van der Waals surface area contributed by atoms with Gasteiger partial charge in [-0.3, -0.25) is 0 Å². The first-order valence-corrected chi connectivity index (χ1v) is 4.49. The number of halogens is 1. The summed E-state index contributed by atoms with van der Waals surface area (Å²) < 4.78 is 12.7. The Labute approximate surface area is 91.2 Å². The molecule has 16 heavy (non-hydrogen) atoms. The molecule has 0 aliphatic carbocycles. The number of benzene rings is 1. The maximum atomic E-state index is 12.7. The molecular weight excluding hydrogens is 207 g/mol. The van der Waals surface area contributed by atoms with E-state index in [4.69, 9.17) is 11.0 Å². The fourth-order valence-electron chi connectivity index (χ4n) is 1.25. The van der Waals surface area contributed by atoms with Crippen LogP contribution in [-0.4, -0.2) is 9.97 Å². The van der Waals surface area contributed by atoms with Crippen molar-refractivity contribution in [2.24, 2.45) is 0 Å². The maximum absolute atomic E-state index is 12.7. The van der Waals surface area contributed by atoms with Crippen LogP contribution in [0.2, 0.25) is 0 Å². The molecule has 1 aromatic carbocycles. The van der Waals surface area contributed by atoms with E-state index in [1.807, 2.05) is 6.07 Å². The van der Waals surface area contributed by atoms with Crippen molar-refractivity contribution in [1.82, 2.24) is 9.97 Å². The summed E-state index contributed by atoms with van der Waals surface area (Å²) in [7, 11) is 0. The third-order valence-electron chi connectivity index (χ3n) is 2.05. The first kappa shape index (κ1) is 10.1. The predicted molar refractivity (Wildman–Crippen MR) is 56.6 cm³/mol. The van der Waals surface area contributed by atoms with Gasteiger partial charge in [0.1, 0.15) is 11.9 Å². The van der Waals surface area contributed by atoms with E-state index >= 15 is 0 Å². The van der Waals surface area contributed by atoms with E-state index in [1.165, 1.54) is 18.3 Å². The van der Waals surface area contributed by atoms with Crippen molar-refractivity contribution in [3.05, 3.63) is 42.0 Å². The highest BCUT2D eigenvalue weighted by atomic mass is 19.1. The minimum absolute atomic E-state index is 0.0734. The SMILES string of the molecule is N#Cc1ncc(-c2ccc(F)cc2)nc1N. The smallest absolute Gasteiger partial charge is 0.182 e. The normalized spacial score (nSPS) is 9.75. The van der Waals surface area contributed by atoms with Gasteiger partial charge in [-0.05, 0) is 24.3 Å². The average Bonchev–Trinajstić information content (AvgIpc) is 2.30. The number of hydrogen-bond donors (Lipinski definition) is 1. The van der Waals surface area contributed by atoms with Crippen molar-refractivity contribution in [3.8, 4) is 17.3 Å². The van der Waals surface area contributed by atoms with Crippen LogP contribution in [-0.2, 0) is 0 Å². The summed E-state index contributed by atoms with van der Waals surface area (Å²) in [5.74, 6) is -0.248. The largest absolute Gasteiger partial charge is 0.381 e. The molecule has 0 unspecified atom stereocenters. The fourth-order valence-corrected chi connectivity index (χ4v) is 1.25. The molecule has 0 saturated heterocycles. The van der Waals surface area contributed by atoms with Crippen LogP contribution in [0.1, 0.15) is 5.69 Å². The molecule has 0 spiro atoms. The Hall–Kier alpha value is -2.48. The number of nitrogens with two attached hydrogens (primary N) is 1. The van der Waals surface area contributed by atoms with Gasteiger partial charge in [-0.2, -0.15) is 5.26 Å². The van der Waals surface area contributed by atoms with Crippen LogP contribution in [0.4, 0.5) is 10.2 Å². The van der Waals surface area contributed by atoms with Gasteiger partial charge in [-0.25, -0.2) is 14.4 Å². The third-order valence-corrected chi connectivity index (χ3v) is 2.05.